The number of carbonyl (C=O) groups is 1. The van der Waals surface area contributed by atoms with E-state index in [1.54, 1.807) is 19.9 Å². The van der Waals surface area contributed by atoms with Gasteiger partial charge in [0.2, 0.25) is 0 Å². The molecule has 104 valence electrons. The third kappa shape index (κ3) is 3.43. The van der Waals surface area contributed by atoms with E-state index in [1.165, 1.54) is 13.2 Å². The highest BCUT2D eigenvalue weighted by molar-refractivity contribution is 5.79. The van der Waals surface area contributed by atoms with Gasteiger partial charge in [0.15, 0.2) is 0 Å². The summed E-state index contributed by atoms with van der Waals surface area (Å²) in [5, 5.41) is 13.9. The first kappa shape index (κ1) is 14.9. The number of nitro benzene ring substituents is 1. The maximum atomic E-state index is 11.5. The summed E-state index contributed by atoms with van der Waals surface area (Å²) in [6, 6.07) is 2.73. The largest absolute Gasteiger partial charge is 0.467 e. The lowest BCUT2D eigenvalue weighted by molar-refractivity contribution is -0.385. The van der Waals surface area contributed by atoms with Crippen LogP contribution in [0.5, 0.6) is 0 Å². The molecule has 0 aliphatic heterocycles. The highest BCUT2D eigenvalue weighted by Gasteiger charge is 2.19. The van der Waals surface area contributed by atoms with E-state index in [9.17, 15) is 14.9 Å². The van der Waals surface area contributed by atoms with Gasteiger partial charge in [0.1, 0.15) is 6.04 Å². The Labute approximate surface area is 111 Å². The van der Waals surface area contributed by atoms with Crippen molar-refractivity contribution in [2.24, 2.45) is 0 Å². The number of aryl methyl sites for hydroxylation is 2. The molecule has 19 heavy (non-hydrogen) atoms. The molecule has 1 rings (SSSR count). The maximum Gasteiger partial charge on any atom is 0.328 e. The van der Waals surface area contributed by atoms with Crippen molar-refractivity contribution >= 4 is 17.3 Å². The van der Waals surface area contributed by atoms with E-state index in [0.717, 1.165) is 5.56 Å². The van der Waals surface area contributed by atoms with Gasteiger partial charge in [0.05, 0.1) is 12.0 Å². The van der Waals surface area contributed by atoms with Crippen LogP contribution in [0.3, 0.4) is 0 Å². The van der Waals surface area contributed by atoms with E-state index in [1.807, 2.05) is 6.92 Å². The molecule has 1 aromatic rings. The molecule has 0 radical (unpaired) electrons. The van der Waals surface area contributed by atoms with Gasteiger partial charge in [-0.25, -0.2) is 4.79 Å². The van der Waals surface area contributed by atoms with Gasteiger partial charge in [-0.1, -0.05) is 6.92 Å². The van der Waals surface area contributed by atoms with Crippen molar-refractivity contribution in [2.45, 2.75) is 33.2 Å². The molecule has 1 unspecified atom stereocenters. The Bertz CT molecular complexity index is 500. The van der Waals surface area contributed by atoms with Crippen molar-refractivity contribution in [3.8, 4) is 0 Å². The molecule has 0 aliphatic rings. The van der Waals surface area contributed by atoms with Gasteiger partial charge in [-0.2, -0.15) is 0 Å². The minimum Gasteiger partial charge on any atom is -0.467 e. The first-order chi connectivity index (χ1) is 8.90. The SMILES string of the molecule is CCC(Nc1cc(C)c([N+](=O)[O-])cc1C)C(=O)OC. The van der Waals surface area contributed by atoms with Crippen LogP contribution in [-0.2, 0) is 9.53 Å². The highest BCUT2D eigenvalue weighted by Crippen LogP contribution is 2.26. The third-order valence-electron chi connectivity index (χ3n) is 2.96. The quantitative estimate of drug-likeness (QED) is 0.503. The zero-order chi connectivity index (χ0) is 14.6. The van der Waals surface area contributed by atoms with Crippen LogP contribution in [0.4, 0.5) is 11.4 Å². The van der Waals surface area contributed by atoms with Gasteiger partial charge in [0, 0.05) is 17.3 Å². The fourth-order valence-electron chi connectivity index (χ4n) is 1.81. The van der Waals surface area contributed by atoms with Gasteiger partial charge in [-0.3, -0.25) is 10.1 Å². The van der Waals surface area contributed by atoms with Gasteiger partial charge in [-0.05, 0) is 31.9 Å². The molecule has 0 heterocycles. The zero-order valence-corrected chi connectivity index (χ0v) is 11.5. The van der Waals surface area contributed by atoms with Crippen molar-refractivity contribution < 1.29 is 14.5 Å². The number of nitro groups is 1. The minimum absolute atomic E-state index is 0.0779. The molecular weight excluding hydrogens is 248 g/mol. The number of rotatable bonds is 5. The first-order valence-corrected chi connectivity index (χ1v) is 6.00. The minimum atomic E-state index is -0.454. The summed E-state index contributed by atoms with van der Waals surface area (Å²) < 4.78 is 4.70. The number of hydrogen-bond acceptors (Lipinski definition) is 5. The summed E-state index contributed by atoms with van der Waals surface area (Å²) >= 11 is 0. The van der Waals surface area contributed by atoms with Crippen molar-refractivity contribution in [3.05, 3.63) is 33.4 Å². The number of ether oxygens (including phenoxy) is 1. The Morgan fingerprint density at radius 3 is 2.53 bits per heavy atom. The Morgan fingerprint density at radius 2 is 2.05 bits per heavy atom. The molecule has 0 aliphatic carbocycles. The average Bonchev–Trinajstić information content (AvgIpc) is 2.37. The number of esters is 1. The van der Waals surface area contributed by atoms with Crippen molar-refractivity contribution in [1.82, 2.24) is 0 Å². The predicted octanol–water partition coefficient (Wildman–Crippen LogP) is 2.58. The molecule has 0 aromatic heterocycles. The Kier molecular flexibility index (Phi) is 4.86. The van der Waals surface area contributed by atoms with E-state index in [-0.39, 0.29) is 11.7 Å². The molecule has 0 spiro atoms. The topological polar surface area (TPSA) is 81.5 Å². The Morgan fingerprint density at radius 1 is 1.42 bits per heavy atom. The number of nitrogens with one attached hydrogen (secondary N) is 1. The summed E-state index contributed by atoms with van der Waals surface area (Å²) in [6.07, 6.45) is 0.572. The molecule has 6 heteroatoms. The number of nitrogens with zero attached hydrogens (tertiary/aromatic N) is 1. The predicted molar refractivity (Wildman–Crippen MR) is 72.3 cm³/mol. The number of carbonyl (C=O) groups excluding carboxylic acids is 1. The summed E-state index contributed by atoms with van der Waals surface area (Å²) in [7, 11) is 1.33. The number of benzene rings is 1. The van der Waals surface area contributed by atoms with Gasteiger partial charge < -0.3 is 10.1 Å². The van der Waals surface area contributed by atoms with E-state index in [2.05, 4.69) is 5.32 Å². The monoisotopic (exact) mass is 266 g/mol. The summed E-state index contributed by atoms with van der Waals surface area (Å²) in [4.78, 5) is 21.9. The second-order valence-corrected chi connectivity index (χ2v) is 4.34. The molecule has 0 saturated carbocycles. The number of hydrogen-bond donors (Lipinski definition) is 1. The van der Waals surface area contributed by atoms with Gasteiger partial charge in [-0.15, -0.1) is 0 Å². The molecule has 0 fully saturated rings. The van der Waals surface area contributed by atoms with Gasteiger partial charge >= 0.3 is 5.97 Å². The fraction of sp³-hybridized carbons (Fsp3) is 0.462. The summed E-state index contributed by atoms with van der Waals surface area (Å²) in [6.45, 7) is 5.29. The number of methoxy groups -OCH3 is 1. The zero-order valence-electron chi connectivity index (χ0n) is 11.5. The van der Waals surface area contributed by atoms with E-state index in [0.29, 0.717) is 17.7 Å². The van der Waals surface area contributed by atoms with Crippen LogP contribution in [0.25, 0.3) is 0 Å². The van der Waals surface area contributed by atoms with Crippen LogP contribution in [-0.4, -0.2) is 24.0 Å². The molecule has 0 bridgehead atoms. The lowest BCUT2D eigenvalue weighted by Crippen LogP contribution is -2.30. The van der Waals surface area contributed by atoms with E-state index < -0.39 is 11.0 Å². The van der Waals surface area contributed by atoms with Crippen LogP contribution < -0.4 is 5.32 Å². The first-order valence-electron chi connectivity index (χ1n) is 6.00. The average molecular weight is 266 g/mol. The summed E-state index contributed by atoms with van der Waals surface area (Å²) in [5.41, 5.74) is 2.06. The molecule has 1 N–H and O–H groups in total. The normalized spacial score (nSPS) is 11.8. The second-order valence-electron chi connectivity index (χ2n) is 4.34. The van der Waals surface area contributed by atoms with Crippen LogP contribution >= 0.6 is 0 Å². The molecule has 1 aromatic carbocycles. The Hall–Kier alpha value is -2.11. The van der Waals surface area contributed by atoms with Crippen LogP contribution in [0.15, 0.2) is 12.1 Å². The van der Waals surface area contributed by atoms with Crippen molar-refractivity contribution in [1.29, 1.82) is 0 Å². The summed E-state index contributed by atoms with van der Waals surface area (Å²) in [5.74, 6) is -0.349. The van der Waals surface area contributed by atoms with Gasteiger partial charge in [0.25, 0.3) is 5.69 Å². The standard InChI is InChI=1S/C13H18N2O4/c1-5-10(13(16)19-4)14-11-6-9(3)12(15(17)18)7-8(11)2/h6-7,10,14H,5H2,1-4H3. The highest BCUT2D eigenvalue weighted by atomic mass is 16.6. The maximum absolute atomic E-state index is 11.5. The van der Waals surface area contributed by atoms with E-state index >= 15 is 0 Å². The molecule has 0 saturated heterocycles. The number of anilines is 1. The molecule has 6 nitrogen and oxygen atoms in total. The van der Waals surface area contributed by atoms with Crippen LogP contribution in [0.2, 0.25) is 0 Å². The lowest BCUT2D eigenvalue weighted by atomic mass is 10.1. The fourth-order valence-corrected chi connectivity index (χ4v) is 1.81. The molecular formula is C13H18N2O4. The smallest absolute Gasteiger partial charge is 0.328 e. The lowest BCUT2D eigenvalue weighted by Gasteiger charge is -2.18. The second kappa shape index (κ2) is 6.17. The Balaban J connectivity index is 3.05. The molecule has 0 amide bonds. The van der Waals surface area contributed by atoms with E-state index in [4.69, 9.17) is 4.74 Å². The van der Waals surface area contributed by atoms with Crippen molar-refractivity contribution in [2.75, 3.05) is 12.4 Å². The van der Waals surface area contributed by atoms with Crippen molar-refractivity contribution in [3.63, 3.8) is 0 Å². The van der Waals surface area contributed by atoms with Crippen LogP contribution in [0.1, 0.15) is 24.5 Å². The third-order valence-corrected chi connectivity index (χ3v) is 2.96. The molecule has 1 atom stereocenters. The van der Waals surface area contributed by atoms with Crippen LogP contribution in [0, 0.1) is 24.0 Å².